The number of morpholine rings is 1. The fourth-order valence-electron chi connectivity index (χ4n) is 5.23. The van der Waals surface area contributed by atoms with Gasteiger partial charge in [0.1, 0.15) is 12.4 Å². The minimum absolute atomic E-state index is 0.0932. The van der Waals surface area contributed by atoms with Gasteiger partial charge in [-0.15, -0.1) is 0 Å². The lowest BCUT2D eigenvalue weighted by atomic mass is 9.87. The summed E-state index contributed by atoms with van der Waals surface area (Å²) in [5.41, 5.74) is 2.24. The standard InChI is InChI=1S/C28H33N3O4S/c1-27(2,3)30-18-24(19-32)35-28(20-30)12-15-31(16-13-28)36(33,34)25-10-8-21(9-11-25)23-7-6-22-5-4-14-29-26(22)17-23/h4-11,14,17,19,24H,12-13,15-16,18,20H2,1-3H3. The topological polar surface area (TPSA) is 79.8 Å². The van der Waals surface area contributed by atoms with E-state index in [2.05, 4.69) is 30.7 Å². The monoisotopic (exact) mass is 507 g/mol. The molecule has 190 valence electrons. The van der Waals surface area contributed by atoms with Gasteiger partial charge in [0, 0.05) is 43.3 Å². The minimum atomic E-state index is -3.63. The van der Waals surface area contributed by atoms with Gasteiger partial charge in [-0.2, -0.15) is 4.31 Å². The molecule has 0 bridgehead atoms. The minimum Gasteiger partial charge on any atom is -0.362 e. The van der Waals surface area contributed by atoms with Crippen LogP contribution < -0.4 is 0 Å². The average Bonchev–Trinajstić information content (AvgIpc) is 2.88. The summed E-state index contributed by atoms with van der Waals surface area (Å²) in [5, 5.41) is 1.07. The lowest BCUT2D eigenvalue weighted by Gasteiger charge is -2.52. The maximum absolute atomic E-state index is 13.4. The van der Waals surface area contributed by atoms with Crippen LogP contribution >= 0.6 is 0 Å². The van der Waals surface area contributed by atoms with Gasteiger partial charge in [-0.3, -0.25) is 9.88 Å². The van der Waals surface area contributed by atoms with Gasteiger partial charge in [-0.05, 0) is 69.0 Å². The second kappa shape index (κ2) is 9.34. The van der Waals surface area contributed by atoms with Crippen molar-refractivity contribution in [3.63, 3.8) is 0 Å². The van der Waals surface area contributed by atoms with E-state index in [0.717, 1.165) is 28.3 Å². The van der Waals surface area contributed by atoms with Gasteiger partial charge < -0.3 is 9.53 Å². The summed E-state index contributed by atoms with van der Waals surface area (Å²) in [6.45, 7) is 8.39. The number of piperidine rings is 1. The van der Waals surface area contributed by atoms with E-state index in [0.29, 0.717) is 39.0 Å². The maximum atomic E-state index is 13.4. The number of aromatic nitrogens is 1. The Labute approximate surface area is 213 Å². The Morgan fingerprint density at radius 3 is 2.39 bits per heavy atom. The van der Waals surface area contributed by atoms with Gasteiger partial charge in [-0.1, -0.05) is 30.3 Å². The molecule has 7 nitrogen and oxygen atoms in total. The second-order valence-corrected chi connectivity index (χ2v) is 12.8. The van der Waals surface area contributed by atoms with Crippen LogP contribution in [0, 0.1) is 0 Å². The smallest absolute Gasteiger partial charge is 0.243 e. The molecule has 1 atom stereocenters. The van der Waals surface area contributed by atoms with E-state index in [-0.39, 0.29) is 10.4 Å². The summed E-state index contributed by atoms with van der Waals surface area (Å²) in [4.78, 5) is 18.6. The van der Waals surface area contributed by atoms with Crippen molar-refractivity contribution in [1.82, 2.24) is 14.2 Å². The molecular weight excluding hydrogens is 474 g/mol. The Hall–Kier alpha value is -2.65. The highest BCUT2D eigenvalue weighted by Gasteiger charge is 2.46. The zero-order valence-corrected chi connectivity index (χ0v) is 21.9. The number of fused-ring (bicyclic) bond motifs is 1. The molecule has 8 heteroatoms. The van der Waals surface area contributed by atoms with Crippen molar-refractivity contribution in [3.8, 4) is 11.1 Å². The van der Waals surface area contributed by atoms with E-state index in [1.54, 1.807) is 22.6 Å². The summed E-state index contributed by atoms with van der Waals surface area (Å²) >= 11 is 0. The van der Waals surface area contributed by atoms with Gasteiger partial charge in [-0.25, -0.2) is 8.42 Å². The largest absolute Gasteiger partial charge is 0.362 e. The first-order valence-electron chi connectivity index (χ1n) is 12.4. The van der Waals surface area contributed by atoms with Gasteiger partial charge in [0.25, 0.3) is 0 Å². The number of rotatable bonds is 4. The van der Waals surface area contributed by atoms with Gasteiger partial charge >= 0.3 is 0 Å². The molecule has 1 spiro atoms. The van der Waals surface area contributed by atoms with Gasteiger partial charge in [0.15, 0.2) is 0 Å². The molecule has 2 aliphatic rings. The van der Waals surface area contributed by atoms with Crippen LogP contribution in [0.25, 0.3) is 22.0 Å². The summed E-state index contributed by atoms with van der Waals surface area (Å²) < 4.78 is 34.6. The lowest BCUT2D eigenvalue weighted by molar-refractivity contribution is -0.183. The first kappa shape index (κ1) is 25.0. The third kappa shape index (κ3) is 4.83. The highest BCUT2D eigenvalue weighted by atomic mass is 32.2. The van der Waals surface area contributed by atoms with E-state index in [9.17, 15) is 13.2 Å². The quantitative estimate of drug-likeness (QED) is 0.494. The van der Waals surface area contributed by atoms with Crippen LogP contribution in [-0.2, 0) is 19.6 Å². The number of pyridine rings is 1. The molecule has 0 aliphatic carbocycles. The molecule has 3 aromatic rings. The number of hydrogen-bond acceptors (Lipinski definition) is 6. The van der Waals surface area contributed by atoms with E-state index in [1.165, 1.54) is 0 Å². The molecule has 2 aliphatic heterocycles. The molecule has 0 radical (unpaired) electrons. The average molecular weight is 508 g/mol. The first-order valence-corrected chi connectivity index (χ1v) is 13.9. The van der Waals surface area contributed by atoms with Crippen LogP contribution in [0.1, 0.15) is 33.6 Å². The number of aldehydes is 1. The summed E-state index contributed by atoms with van der Waals surface area (Å²) in [6, 6.07) is 17.0. The molecule has 5 rings (SSSR count). The number of carbonyl (C=O) groups excluding carboxylic acids is 1. The van der Waals surface area contributed by atoms with E-state index >= 15 is 0 Å². The lowest BCUT2D eigenvalue weighted by Crippen LogP contribution is -2.63. The van der Waals surface area contributed by atoms with Crippen LogP contribution in [0.15, 0.2) is 65.7 Å². The van der Waals surface area contributed by atoms with Crippen molar-refractivity contribution >= 4 is 27.2 Å². The molecule has 3 heterocycles. The molecule has 2 fully saturated rings. The van der Waals surface area contributed by atoms with Crippen LogP contribution in [0.3, 0.4) is 0 Å². The molecule has 1 unspecified atom stereocenters. The SMILES string of the molecule is CC(C)(C)N1CC(C=O)OC2(CCN(S(=O)(=O)c3ccc(-c4ccc5cccnc5c4)cc3)CC2)C1. The highest BCUT2D eigenvalue weighted by molar-refractivity contribution is 7.89. The molecule has 0 saturated carbocycles. The van der Waals surface area contributed by atoms with E-state index in [1.807, 2.05) is 42.5 Å². The fraction of sp³-hybridized carbons (Fsp3) is 0.429. The summed E-state index contributed by atoms with van der Waals surface area (Å²) in [6.07, 6.45) is 3.27. The number of benzene rings is 2. The Morgan fingerprint density at radius 1 is 1.03 bits per heavy atom. The number of ether oxygens (including phenoxy) is 1. The van der Waals surface area contributed by atoms with Crippen molar-refractivity contribution in [2.24, 2.45) is 0 Å². The Bertz CT molecular complexity index is 1360. The predicted molar refractivity (Wildman–Crippen MR) is 140 cm³/mol. The van der Waals surface area contributed by atoms with Crippen molar-refractivity contribution in [2.45, 2.75) is 55.8 Å². The van der Waals surface area contributed by atoms with Crippen molar-refractivity contribution in [3.05, 3.63) is 60.8 Å². The molecule has 0 N–H and O–H groups in total. The van der Waals surface area contributed by atoms with Crippen molar-refractivity contribution in [2.75, 3.05) is 26.2 Å². The Balaban J connectivity index is 1.31. The Kier molecular flexibility index (Phi) is 6.49. The zero-order chi connectivity index (χ0) is 25.6. The molecule has 1 aromatic heterocycles. The number of hydrogen-bond donors (Lipinski definition) is 0. The van der Waals surface area contributed by atoms with Crippen LogP contribution in [-0.4, -0.2) is 72.3 Å². The van der Waals surface area contributed by atoms with Gasteiger partial charge in [0.05, 0.1) is 16.0 Å². The summed E-state index contributed by atoms with van der Waals surface area (Å²) in [7, 11) is -3.63. The number of carbonyl (C=O) groups is 1. The fourth-order valence-corrected chi connectivity index (χ4v) is 6.67. The molecule has 2 saturated heterocycles. The normalized spacial score (nSPS) is 21.6. The highest BCUT2D eigenvalue weighted by Crippen LogP contribution is 2.36. The third-order valence-electron chi connectivity index (χ3n) is 7.45. The molecule has 36 heavy (non-hydrogen) atoms. The molecular formula is C28H33N3O4S. The van der Waals surface area contributed by atoms with Gasteiger partial charge in [0.2, 0.25) is 10.0 Å². The number of nitrogens with zero attached hydrogens (tertiary/aromatic N) is 3. The van der Waals surface area contributed by atoms with E-state index in [4.69, 9.17) is 4.74 Å². The van der Waals surface area contributed by atoms with Crippen LogP contribution in [0.4, 0.5) is 0 Å². The van der Waals surface area contributed by atoms with E-state index < -0.39 is 21.7 Å². The Morgan fingerprint density at radius 2 is 1.72 bits per heavy atom. The zero-order valence-electron chi connectivity index (χ0n) is 21.1. The maximum Gasteiger partial charge on any atom is 0.243 e. The number of sulfonamides is 1. The molecule has 0 amide bonds. The van der Waals surface area contributed by atoms with Crippen molar-refractivity contribution in [1.29, 1.82) is 0 Å². The third-order valence-corrected chi connectivity index (χ3v) is 9.36. The van der Waals surface area contributed by atoms with Crippen LogP contribution in [0.2, 0.25) is 0 Å². The predicted octanol–water partition coefficient (Wildman–Crippen LogP) is 4.12. The molecule has 2 aromatic carbocycles. The van der Waals surface area contributed by atoms with Crippen LogP contribution in [0.5, 0.6) is 0 Å². The second-order valence-electron chi connectivity index (χ2n) is 10.9. The first-order chi connectivity index (χ1) is 17.1. The summed E-state index contributed by atoms with van der Waals surface area (Å²) in [5.74, 6) is 0. The van der Waals surface area contributed by atoms with Crippen molar-refractivity contribution < 1.29 is 17.9 Å².